The van der Waals surface area contributed by atoms with Crippen LogP contribution < -0.4 is 21.1 Å². The molecule has 0 aliphatic carbocycles. The van der Waals surface area contributed by atoms with Crippen LogP contribution in [0.25, 0.3) is 22.2 Å². The second kappa shape index (κ2) is 15.3. The molecule has 1 fully saturated rings. The first-order chi connectivity index (χ1) is 26.1. The Balaban J connectivity index is 1.22. The average molecular weight is 735 g/mol. The van der Waals surface area contributed by atoms with Crippen LogP contribution in [0.2, 0.25) is 0 Å². The molecule has 280 valence electrons. The Morgan fingerprint density at radius 3 is 2.09 bits per heavy atom. The van der Waals surface area contributed by atoms with Crippen LogP contribution >= 0.6 is 0 Å². The number of carbonyl (C=O) groups excluding carboxylic acids is 3. The SMILES string of the molecule is CCn1nc(C)cc1C(=O)Nc1nc2cccnc2n1C/C=C/Cn1c(NC(=O)c2cc(C)nn2CC)nc2cc(C(N)=O)cc(OCCC3COC3)c21. The molecule has 3 amide bonds. The van der Waals surface area contributed by atoms with Gasteiger partial charge in [0, 0.05) is 43.9 Å². The highest BCUT2D eigenvalue weighted by Gasteiger charge is 2.23. The Hall–Kier alpha value is -6.36. The van der Waals surface area contributed by atoms with E-state index in [1.807, 2.05) is 55.0 Å². The van der Waals surface area contributed by atoms with Crippen LogP contribution in [0, 0.1) is 19.8 Å². The second-order valence-electron chi connectivity index (χ2n) is 13.0. The average Bonchev–Trinajstić information content (AvgIpc) is 3.89. The Morgan fingerprint density at radius 2 is 1.50 bits per heavy atom. The largest absolute Gasteiger partial charge is 0.491 e. The summed E-state index contributed by atoms with van der Waals surface area (Å²) in [5.74, 6) is 0.0205. The van der Waals surface area contributed by atoms with E-state index in [0.717, 1.165) is 12.1 Å². The molecule has 17 heteroatoms. The van der Waals surface area contributed by atoms with Crippen molar-refractivity contribution in [3.8, 4) is 5.75 Å². The van der Waals surface area contributed by atoms with Gasteiger partial charge in [0.15, 0.2) is 5.65 Å². The number of aryl methyl sites for hydroxylation is 4. The number of allylic oxidation sites excluding steroid dienone is 2. The van der Waals surface area contributed by atoms with E-state index in [1.165, 1.54) is 0 Å². The number of hydrogen-bond donors (Lipinski definition) is 3. The predicted molar refractivity (Wildman–Crippen MR) is 201 cm³/mol. The number of pyridine rings is 1. The molecule has 4 N–H and O–H groups in total. The lowest BCUT2D eigenvalue weighted by Crippen LogP contribution is -2.28. The van der Waals surface area contributed by atoms with Crippen LogP contribution in [0.5, 0.6) is 5.75 Å². The molecule has 6 aromatic rings. The lowest BCUT2D eigenvalue weighted by atomic mass is 10.1. The molecule has 7 rings (SSSR count). The third kappa shape index (κ3) is 7.30. The maximum Gasteiger partial charge on any atom is 0.276 e. The molecule has 1 aromatic carbocycles. The zero-order valence-electron chi connectivity index (χ0n) is 30.6. The van der Waals surface area contributed by atoms with E-state index >= 15 is 0 Å². The Kier molecular flexibility index (Phi) is 10.2. The first-order valence-corrected chi connectivity index (χ1v) is 17.9. The number of fused-ring (bicyclic) bond motifs is 2. The van der Waals surface area contributed by atoms with E-state index in [2.05, 4.69) is 30.8 Å². The third-order valence-corrected chi connectivity index (χ3v) is 9.15. The molecule has 54 heavy (non-hydrogen) atoms. The minimum atomic E-state index is -0.630. The van der Waals surface area contributed by atoms with Crippen LogP contribution in [-0.2, 0) is 30.9 Å². The van der Waals surface area contributed by atoms with Crippen molar-refractivity contribution in [2.75, 3.05) is 30.5 Å². The zero-order chi connectivity index (χ0) is 37.9. The van der Waals surface area contributed by atoms with E-state index in [-0.39, 0.29) is 24.0 Å². The number of hydrogen-bond acceptors (Lipinski definition) is 10. The summed E-state index contributed by atoms with van der Waals surface area (Å²) in [5, 5.41) is 14.7. The second-order valence-corrected chi connectivity index (χ2v) is 13.0. The quantitative estimate of drug-likeness (QED) is 0.129. The Labute approximate surface area is 310 Å². The van der Waals surface area contributed by atoms with Crippen LogP contribution in [0.4, 0.5) is 11.9 Å². The maximum absolute atomic E-state index is 13.6. The molecule has 5 aromatic heterocycles. The minimum Gasteiger partial charge on any atom is -0.491 e. The lowest BCUT2D eigenvalue weighted by Gasteiger charge is -2.25. The summed E-state index contributed by atoms with van der Waals surface area (Å²) in [6.07, 6.45) is 6.26. The summed E-state index contributed by atoms with van der Waals surface area (Å²) < 4.78 is 18.5. The molecule has 0 radical (unpaired) electrons. The number of nitrogens with two attached hydrogens (primary N) is 1. The maximum atomic E-state index is 13.6. The molecule has 0 unspecified atom stereocenters. The van der Waals surface area contributed by atoms with Crippen LogP contribution in [-0.4, -0.2) is 81.2 Å². The fourth-order valence-corrected chi connectivity index (χ4v) is 6.40. The van der Waals surface area contributed by atoms with Gasteiger partial charge in [-0.25, -0.2) is 15.0 Å². The van der Waals surface area contributed by atoms with Gasteiger partial charge in [0.2, 0.25) is 17.8 Å². The van der Waals surface area contributed by atoms with Gasteiger partial charge in [-0.15, -0.1) is 0 Å². The van der Waals surface area contributed by atoms with Crippen molar-refractivity contribution >= 4 is 51.8 Å². The van der Waals surface area contributed by atoms with Gasteiger partial charge in [-0.3, -0.25) is 38.9 Å². The van der Waals surface area contributed by atoms with E-state index in [9.17, 15) is 14.4 Å². The summed E-state index contributed by atoms with van der Waals surface area (Å²) in [4.78, 5) is 53.3. The van der Waals surface area contributed by atoms with Crippen molar-refractivity contribution < 1.29 is 23.9 Å². The molecule has 1 aliphatic rings. The molecule has 0 atom stereocenters. The fourth-order valence-electron chi connectivity index (χ4n) is 6.40. The zero-order valence-corrected chi connectivity index (χ0v) is 30.6. The number of primary amides is 1. The lowest BCUT2D eigenvalue weighted by molar-refractivity contribution is -0.0400. The van der Waals surface area contributed by atoms with Crippen molar-refractivity contribution in [2.45, 2.75) is 60.3 Å². The molecule has 0 spiro atoms. The van der Waals surface area contributed by atoms with Crippen molar-refractivity contribution in [3.05, 3.63) is 83.1 Å². The van der Waals surface area contributed by atoms with Gasteiger partial charge in [-0.2, -0.15) is 10.2 Å². The van der Waals surface area contributed by atoms with Gasteiger partial charge >= 0.3 is 0 Å². The topological polar surface area (TPSA) is 204 Å². The van der Waals surface area contributed by atoms with Crippen molar-refractivity contribution in [1.82, 2.24) is 43.6 Å². The highest BCUT2D eigenvalue weighted by atomic mass is 16.5. The number of aromatic nitrogens is 9. The van der Waals surface area contributed by atoms with Gasteiger partial charge in [-0.1, -0.05) is 12.2 Å². The molecule has 0 saturated carbocycles. The number of carbonyl (C=O) groups is 3. The minimum absolute atomic E-state index is 0.230. The van der Waals surface area contributed by atoms with E-state index in [0.29, 0.717) is 96.3 Å². The Morgan fingerprint density at radius 1 is 0.889 bits per heavy atom. The molecule has 6 heterocycles. The molecule has 17 nitrogen and oxygen atoms in total. The molecule has 1 saturated heterocycles. The molecule has 0 bridgehead atoms. The number of nitrogens with zero attached hydrogens (tertiary/aromatic N) is 9. The number of imidazole rings is 2. The third-order valence-electron chi connectivity index (χ3n) is 9.15. The molecular formula is C37H42N12O5. The van der Waals surface area contributed by atoms with Crippen molar-refractivity contribution in [1.29, 1.82) is 0 Å². The summed E-state index contributed by atoms with van der Waals surface area (Å²) in [6.45, 7) is 10.8. The van der Waals surface area contributed by atoms with E-state index in [1.54, 1.807) is 45.9 Å². The molecule has 1 aliphatic heterocycles. The summed E-state index contributed by atoms with van der Waals surface area (Å²) in [5.41, 5.74) is 10.4. The van der Waals surface area contributed by atoms with Gasteiger partial charge in [0.25, 0.3) is 11.8 Å². The fraction of sp³-hybridized carbons (Fsp3) is 0.351. The van der Waals surface area contributed by atoms with Gasteiger partial charge < -0.3 is 19.8 Å². The smallest absolute Gasteiger partial charge is 0.276 e. The number of benzene rings is 1. The highest BCUT2D eigenvalue weighted by Crippen LogP contribution is 2.32. The van der Waals surface area contributed by atoms with E-state index < -0.39 is 11.8 Å². The van der Waals surface area contributed by atoms with Gasteiger partial charge in [0.1, 0.15) is 28.2 Å². The number of rotatable bonds is 15. The monoisotopic (exact) mass is 734 g/mol. The summed E-state index contributed by atoms with van der Waals surface area (Å²) >= 11 is 0. The van der Waals surface area contributed by atoms with Crippen molar-refractivity contribution in [2.24, 2.45) is 11.7 Å². The predicted octanol–water partition coefficient (Wildman–Crippen LogP) is 4.11. The van der Waals surface area contributed by atoms with Crippen LogP contribution in [0.1, 0.15) is 63.0 Å². The van der Waals surface area contributed by atoms with Gasteiger partial charge in [0.05, 0.1) is 36.7 Å². The number of amides is 3. The highest BCUT2D eigenvalue weighted by molar-refractivity contribution is 6.04. The van der Waals surface area contributed by atoms with Gasteiger partial charge in [-0.05, 0) is 70.5 Å². The Bertz CT molecular complexity index is 2400. The van der Waals surface area contributed by atoms with Crippen LogP contribution in [0.15, 0.2) is 54.7 Å². The summed E-state index contributed by atoms with van der Waals surface area (Å²) in [7, 11) is 0. The number of nitrogens with one attached hydrogen (secondary N) is 2. The normalized spacial score (nSPS) is 13.2. The number of ether oxygens (including phenoxy) is 2. The standard InChI is InChI=1S/C37H42N12O5/c1-5-48-28(16-22(3)44-48)34(51)42-36-41-27-18-25(32(38)50)19-30(54-15-11-24-20-53-21-24)31(27)46(36)13-7-8-14-47-33-26(10-9-12-39-33)40-37(47)43-35(52)29-17-23(4)45-49(29)6-2/h7-10,12,16-19,24H,5-6,11,13-15,20-21H2,1-4H3,(H2,38,50)(H,40,43,52)(H,41,42,51)/b8-7+. The summed E-state index contributed by atoms with van der Waals surface area (Å²) in [6, 6.07) is 10.3. The van der Waals surface area contributed by atoms with Crippen LogP contribution in [0.3, 0.4) is 0 Å². The number of anilines is 2. The van der Waals surface area contributed by atoms with Crippen molar-refractivity contribution in [3.63, 3.8) is 0 Å². The first kappa shape index (κ1) is 36.0. The first-order valence-electron chi connectivity index (χ1n) is 17.9. The molecular weight excluding hydrogens is 692 g/mol. The van der Waals surface area contributed by atoms with E-state index in [4.69, 9.17) is 20.2 Å².